The van der Waals surface area contributed by atoms with Crippen molar-refractivity contribution in [1.29, 1.82) is 0 Å². The average Bonchev–Trinajstić information content (AvgIpc) is 2.17. The summed E-state index contributed by atoms with van der Waals surface area (Å²) in [4.78, 5) is 2.42. The second-order valence-electron chi connectivity index (χ2n) is 2.69. The maximum absolute atomic E-state index is 3.72. The van der Waals surface area contributed by atoms with Crippen LogP contribution >= 0.6 is 0 Å². The molecule has 10 heavy (non-hydrogen) atoms. The smallest absolute Gasteiger partial charge is 0.0161 e. The van der Waals surface area contributed by atoms with Gasteiger partial charge in [-0.3, -0.25) is 4.90 Å². The van der Waals surface area contributed by atoms with Gasteiger partial charge in [0, 0.05) is 19.6 Å². The van der Waals surface area contributed by atoms with Gasteiger partial charge in [-0.05, 0) is 19.5 Å². The van der Waals surface area contributed by atoms with Crippen LogP contribution in [0.15, 0.2) is 12.7 Å². The number of hydrogen-bond acceptors (Lipinski definition) is 2. The largest absolute Gasteiger partial charge is 0.315 e. The molecule has 1 heterocycles. The fourth-order valence-corrected chi connectivity index (χ4v) is 1.27. The van der Waals surface area contributed by atoms with E-state index in [9.17, 15) is 0 Å². The summed E-state index contributed by atoms with van der Waals surface area (Å²) in [6.45, 7) is 9.47. The fraction of sp³-hybridized carbons (Fsp3) is 0.750. The first-order valence-corrected chi connectivity index (χ1v) is 3.97. The van der Waals surface area contributed by atoms with Crippen molar-refractivity contribution in [1.82, 2.24) is 10.2 Å². The van der Waals surface area contributed by atoms with Crippen molar-refractivity contribution >= 4 is 0 Å². The molecule has 0 spiro atoms. The molecule has 1 aliphatic heterocycles. The molecule has 0 bridgehead atoms. The van der Waals surface area contributed by atoms with Crippen molar-refractivity contribution in [2.24, 2.45) is 0 Å². The molecule has 1 saturated heterocycles. The van der Waals surface area contributed by atoms with Crippen molar-refractivity contribution < 1.29 is 0 Å². The highest BCUT2D eigenvalue weighted by molar-refractivity contribution is 4.75. The lowest BCUT2D eigenvalue weighted by Crippen LogP contribution is -2.27. The lowest BCUT2D eigenvalue weighted by atomic mass is 10.4. The summed E-state index contributed by atoms with van der Waals surface area (Å²) >= 11 is 0. The van der Waals surface area contributed by atoms with Crippen molar-refractivity contribution in [3.63, 3.8) is 0 Å². The third-order valence-electron chi connectivity index (χ3n) is 1.82. The van der Waals surface area contributed by atoms with Gasteiger partial charge in [-0.25, -0.2) is 0 Å². The zero-order valence-electron chi connectivity index (χ0n) is 6.47. The molecule has 2 heteroatoms. The van der Waals surface area contributed by atoms with Crippen LogP contribution in [0.25, 0.3) is 0 Å². The maximum atomic E-state index is 3.72. The van der Waals surface area contributed by atoms with E-state index in [0.717, 1.165) is 13.1 Å². The fourth-order valence-electron chi connectivity index (χ4n) is 1.27. The molecule has 0 amide bonds. The Morgan fingerprint density at radius 3 is 3.10 bits per heavy atom. The van der Waals surface area contributed by atoms with Crippen molar-refractivity contribution in [2.45, 2.75) is 6.42 Å². The van der Waals surface area contributed by atoms with E-state index < -0.39 is 0 Å². The quantitative estimate of drug-likeness (QED) is 0.444. The summed E-state index contributed by atoms with van der Waals surface area (Å²) in [6.07, 6.45) is 3.25. The van der Waals surface area contributed by atoms with Gasteiger partial charge >= 0.3 is 0 Å². The van der Waals surface area contributed by atoms with Crippen molar-refractivity contribution in [3.05, 3.63) is 12.7 Å². The highest BCUT2D eigenvalue weighted by atomic mass is 15.3. The topological polar surface area (TPSA) is 15.3 Å². The van der Waals surface area contributed by atoms with Crippen LogP contribution < -0.4 is 5.32 Å². The zero-order chi connectivity index (χ0) is 7.23. The monoisotopic (exact) mass is 141 g/mol. The van der Waals surface area contributed by atoms with Crippen LogP contribution in [-0.4, -0.2) is 37.6 Å². The van der Waals surface area contributed by atoms with Crippen LogP contribution in [-0.2, 0) is 0 Å². The molecule has 0 saturated carbocycles. The molecule has 2 nitrogen and oxygen atoms in total. The molecule has 0 atom stereocenters. The molecule has 58 valence electrons. The van der Waals surface area contributed by atoms with Crippen LogP contribution in [0.3, 0.4) is 0 Å². The molecule has 0 aromatic carbocycles. The lowest BCUT2D eigenvalue weighted by molar-refractivity contribution is 0.324. The van der Waals surface area contributed by atoms with Gasteiger partial charge in [-0.2, -0.15) is 0 Å². The van der Waals surface area contributed by atoms with Crippen LogP contribution in [0.2, 0.25) is 0 Å². The summed E-state index contributed by atoms with van der Waals surface area (Å²) in [5, 5.41) is 3.36. The molecule has 1 fully saturated rings. The Kier molecular flexibility index (Phi) is 3.47. The number of nitrogens with zero attached hydrogens (tertiary/aromatic N) is 1. The predicted molar refractivity (Wildman–Crippen MR) is 44.1 cm³/mol. The third kappa shape index (κ3) is 2.50. The summed E-state index contributed by atoms with van der Waals surface area (Å²) < 4.78 is 0. The number of rotatable bonds is 2. The van der Waals surface area contributed by atoms with E-state index in [-0.39, 0.29) is 0 Å². The predicted octanol–water partition coefficient (Wildman–Crippen LogP) is 0.468. The van der Waals surface area contributed by atoms with Gasteiger partial charge in [0.05, 0.1) is 0 Å². The van der Waals surface area contributed by atoms with Gasteiger partial charge in [0.25, 0.3) is 0 Å². The minimum atomic E-state index is 1.04. The Morgan fingerprint density at radius 2 is 2.30 bits per heavy atom. The van der Waals surface area contributed by atoms with E-state index in [1.54, 1.807) is 0 Å². The lowest BCUT2D eigenvalue weighted by Gasteiger charge is -2.16. The van der Waals surface area contributed by atoms with E-state index in [1.165, 1.54) is 26.1 Å². The molecular weight excluding hydrogens is 125 g/mol. The highest BCUT2D eigenvalue weighted by Gasteiger charge is 2.04. The molecule has 1 aliphatic rings. The average molecular weight is 141 g/mol. The van der Waals surface area contributed by atoms with Gasteiger partial charge in [0.2, 0.25) is 0 Å². The summed E-state index contributed by atoms with van der Waals surface area (Å²) in [6, 6.07) is 0. The Morgan fingerprint density at radius 1 is 1.40 bits per heavy atom. The number of nitrogens with one attached hydrogen (secondary N) is 1. The molecule has 0 aliphatic carbocycles. The van der Waals surface area contributed by atoms with Gasteiger partial charge in [0.15, 0.2) is 0 Å². The first kappa shape index (κ1) is 7.76. The molecular formula is C8H16N2. The van der Waals surface area contributed by atoms with Crippen LogP contribution in [0, 0.1) is 0 Å². The van der Waals surface area contributed by atoms with E-state index in [0.29, 0.717) is 0 Å². The number of hydrogen-bond donors (Lipinski definition) is 1. The minimum Gasteiger partial charge on any atom is -0.315 e. The Hall–Kier alpha value is -0.340. The summed E-state index contributed by atoms with van der Waals surface area (Å²) in [5.41, 5.74) is 0. The maximum Gasteiger partial charge on any atom is 0.0161 e. The van der Waals surface area contributed by atoms with E-state index >= 15 is 0 Å². The zero-order valence-corrected chi connectivity index (χ0v) is 6.47. The first-order chi connectivity index (χ1) is 4.93. The van der Waals surface area contributed by atoms with Gasteiger partial charge in [0.1, 0.15) is 0 Å². The Bertz CT molecular complexity index is 93.4. The molecule has 0 unspecified atom stereocenters. The third-order valence-corrected chi connectivity index (χ3v) is 1.82. The Labute approximate surface area is 62.9 Å². The molecule has 0 aromatic heterocycles. The van der Waals surface area contributed by atoms with Crippen molar-refractivity contribution in [3.8, 4) is 0 Å². The normalized spacial score (nSPS) is 22.0. The molecule has 0 aromatic rings. The minimum absolute atomic E-state index is 1.04. The molecule has 1 rings (SSSR count). The van der Waals surface area contributed by atoms with Crippen LogP contribution in [0.5, 0.6) is 0 Å². The highest BCUT2D eigenvalue weighted by Crippen LogP contribution is 1.93. The SMILES string of the molecule is C=CCN1CCCNC[13CH2]1. The Balaban J connectivity index is 2.21. The second kappa shape index (κ2) is 4.47. The van der Waals surface area contributed by atoms with Crippen LogP contribution in [0.1, 0.15) is 6.42 Å². The van der Waals surface area contributed by atoms with E-state index in [2.05, 4.69) is 16.8 Å². The second-order valence-corrected chi connectivity index (χ2v) is 2.69. The van der Waals surface area contributed by atoms with Gasteiger partial charge < -0.3 is 5.32 Å². The molecule has 1 N–H and O–H groups in total. The summed E-state index contributed by atoms with van der Waals surface area (Å²) in [5.74, 6) is 0. The van der Waals surface area contributed by atoms with Crippen LogP contribution in [0.4, 0.5) is 0 Å². The standard InChI is InChI=1S/C8H16N2/c1-2-6-10-7-3-4-9-5-8-10/h2,9H,1,3-8H2/i8+1. The summed E-state index contributed by atoms with van der Waals surface area (Å²) in [7, 11) is 0. The van der Waals surface area contributed by atoms with Gasteiger partial charge in [-0.1, -0.05) is 6.08 Å². The van der Waals surface area contributed by atoms with E-state index in [1.807, 2.05) is 6.08 Å². The van der Waals surface area contributed by atoms with Crippen molar-refractivity contribution in [2.75, 3.05) is 32.7 Å². The molecule has 0 radical (unpaired) electrons. The van der Waals surface area contributed by atoms with E-state index in [4.69, 9.17) is 0 Å². The first-order valence-electron chi connectivity index (χ1n) is 3.97. The van der Waals surface area contributed by atoms with Gasteiger partial charge in [-0.15, -0.1) is 6.58 Å².